The van der Waals surface area contributed by atoms with Gasteiger partial charge in [0.15, 0.2) is 0 Å². The van der Waals surface area contributed by atoms with Crippen molar-refractivity contribution in [3.8, 4) is 5.75 Å². The minimum absolute atomic E-state index is 0.0988. The van der Waals surface area contributed by atoms with E-state index in [1.54, 1.807) is 7.11 Å². The summed E-state index contributed by atoms with van der Waals surface area (Å²) in [6.07, 6.45) is 0. The van der Waals surface area contributed by atoms with Crippen LogP contribution in [0.1, 0.15) is 27.0 Å². The molecule has 4 heteroatoms. The number of hydrogen-bond acceptors (Lipinski definition) is 3. The Kier molecular flexibility index (Phi) is 6.23. The monoisotopic (exact) mass is 360 g/mol. The Hall–Kier alpha value is -3.11. The van der Waals surface area contributed by atoms with E-state index in [4.69, 9.17) is 4.74 Å². The highest BCUT2D eigenvalue weighted by Crippen LogP contribution is 2.14. The Morgan fingerprint density at radius 1 is 0.889 bits per heavy atom. The average molecular weight is 360 g/mol. The summed E-state index contributed by atoms with van der Waals surface area (Å²) < 4.78 is 5.17. The molecule has 0 saturated carbocycles. The van der Waals surface area contributed by atoms with Gasteiger partial charge in [0.2, 0.25) is 0 Å². The summed E-state index contributed by atoms with van der Waals surface area (Å²) in [5.74, 6) is 0.758. The number of amides is 1. The van der Waals surface area contributed by atoms with Crippen LogP contribution in [0.25, 0.3) is 0 Å². The average Bonchev–Trinajstić information content (AvgIpc) is 2.69. The van der Waals surface area contributed by atoms with Crippen molar-refractivity contribution in [1.82, 2.24) is 5.32 Å². The van der Waals surface area contributed by atoms with E-state index < -0.39 is 0 Å². The maximum atomic E-state index is 12.4. The quantitative estimate of drug-likeness (QED) is 0.650. The molecule has 1 amide bonds. The molecule has 0 radical (unpaired) electrons. The van der Waals surface area contributed by atoms with Crippen molar-refractivity contribution in [2.24, 2.45) is 0 Å². The van der Waals surface area contributed by atoms with Gasteiger partial charge in [-0.25, -0.2) is 0 Å². The highest BCUT2D eigenvalue weighted by molar-refractivity contribution is 6.04. The molecule has 4 nitrogen and oxygen atoms in total. The SMILES string of the molecule is COc1ccc(CNCc2cccc(NC(=O)c3ccc(C)cc3)c2)cc1. The molecule has 3 rings (SSSR count). The lowest BCUT2D eigenvalue weighted by atomic mass is 10.1. The number of carbonyl (C=O) groups excluding carboxylic acids is 1. The predicted molar refractivity (Wildman–Crippen MR) is 109 cm³/mol. The third-order valence-electron chi connectivity index (χ3n) is 4.32. The van der Waals surface area contributed by atoms with Gasteiger partial charge in [0.05, 0.1) is 7.11 Å². The smallest absolute Gasteiger partial charge is 0.255 e. The summed E-state index contributed by atoms with van der Waals surface area (Å²) in [6.45, 7) is 3.49. The number of ether oxygens (including phenoxy) is 1. The first-order valence-corrected chi connectivity index (χ1v) is 8.94. The molecule has 138 valence electrons. The predicted octanol–water partition coefficient (Wildman–Crippen LogP) is 4.55. The van der Waals surface area contributed by atoms with Crippen molar-refractivity contribution in [2.45, 2.75) is 20.0 Å². The van der Waals surface area contributed by atoms with Crippen LogP contribution in [0.3, 0.4) is 0 Å². The van der Waals surface area contributed by atoms with Gasteiger partial charge in [-0.05, 0) is 54.4 Å². The Balaban J connectivity index is 1.55. The summed E-state index contributed by atoms with van der Waals surface area (Å²) in [7, 11) is 1.66. The summed E-state index contributed by atoms with van der Waals surface area (Å²) in [5, 5.41) is 6.38. The molecule has 0 bridgehead atoms. The first kappa shape index (κ1) is 18.7. The van der Waals surface area contributed by atoms with Crippen LogP contribution in [-0.2, 0) is 13.1 Å². The summed E-state index contributed by atoms with van der Waals surface area (Å²) in [6, 6.07) is 23.5. The van der Waals surface area contributed by atoms with Crippen LogP contribution in [-0.4, -0.2) is 13.0 Å². The van der Waals surface area contributed by atoms with Crippen LogP contribution >= 0.6 is 0 Å². The van der Waals surface area contributed by atoms with Gasteiger partial charge in [-0.3, -0.25) is 4.79 Å². The normalized spacial score (nSPS) is 10.4. The number of methoxy groups -OCH3 is 1. The number of nitrogens with one attached hydrogen (secondary N) is 2. The minimum Gasteiger partial charge on any atom is -0.497 e. The van der Waals surface area contributed by atoms with Crippen LogP contribution in [0.15, 0.2) is 72.8 Å². The molecule has 0 heterocycles. The van der Waals surface area contributed by atoms with Gasteiger partial charge in [-0.1, -0.05) is 42.0 Å². The van der Waals surface area contributed by atoms with Crippen molar-refractivity contribution in [2.75, 3.05) is 12.4 Å². The fourth-order valence-corrected chi connectivity index (χ4v) is 2.76. The number of rotatable bonds is 7. The zero-order valence-corrected chi connectivity index (χ0v) is 15.7. The zero-order chi connectivity index (χ0) is 19.1. The van der Waals surface area contributed by atoms with E-state index >= 15 is 0 Å². The molecule has 0 aliphatic rings. The molecule has 0 aliphatic heterocycles. The molecule has 0 atom stereocenters. The third kappa shape index (κ3) is 5.43. The fourth-order valence-electron chi connectivity index (χ4n) is 2.76. The van der Waals surface area contributed by atoms with Crippen LogP contribution in [0.5, 0.6) is 5.75 Å². The van der Waals surface area contributed by atoms with Gasteiger partial charge in [-0.15, -0.1) is 0 Å². The Bertz CT molecular complexity index is 887. The van der Waals surface area contributed by atoms with E-state index in [9.17, 15) is 4.79 Å². The zero-order valence-electron chi connectivity index (χ0n) is 15.7. The van der Waals surface area contributed by atoms with Gasteiger partial charge in [-0.2, -0.15) is 0 Å². The third-order valence-corrected chi connectivity index (χ3v) is 4.32. The molecule has 2 N–H and O–H groups in total. The van der Waals surface area contributed by atoms with E-state index in [0.717, 1.165) is 35.7 Å². The van der Waals surface area contributed by atoms with Crippen LogP contribution in [0.4, 0.5) is 5.69 Å². The molecular formula is C23H24N2O2. The Morgan fingerprint density at radius 2 is 1.59 bits per heavy atom. The Labute approximate surface area is 160 Å². The molecular weight excluding hydrogens is 336 g/mol. The maximum absolute atomic E-state index is 12.4. The summed E-state index contributed by atoms with van der Waals surface area (Å²) >= 11 is 0. The second kappa shape index (κ2) is 9.01. The van der Waals surface area contributed by atoms with Crippen LogP contribution < -0.4 is 15.4 Å². The fraction of sp³-hybridized carbons (Fsp3) is 0.174. The number of anilines is 1. The topological polar surface area (TPSA) is 50.4 Å². The lowest BCUT2D eigenvalue weighted by molar-refractivity contribution is 0.102. The molecule has 0 aromatic heterocycles. The van der Waals surface area contributed by atoms with Gasteiger partial charge in [0.1, 0.15) is 5.75 Å². The first-order valence-electron chi connectivity index (χ1n) is 8.94. The van der Waals surface area contributed by atoms with Gasteiger partial charge in [0, 0.05) is 24.3 Å². The van der Waals surface area contributed by atoms with Crippen molar-refractivity contribution >= 4 is 11.6 Å². The second-order valence-electron chi connectivity index (χ2n) is 6.47. The van der Waals surface area contributed by atoms with Crippen molar-refractivity contribution in [1.29, 1.82) is 0 Å². The van der Waals surface area contributed by atoms with Crippen molar-refractivity contribution in [3.05, 3.63) is 95.1 Å². The molecule has 0 spiro atoms. The van der Waals surface area contributed by atoms with Crippen molar-refractivity contribution in [3.63, 3.8) is 0 Å². The Morgan fingerprint density at radius 3 is 2.30 bits per heavy atom. The summed E-state index contributed by atoms with van der Waals surface area (Å²) in [5.41, 5.74) is 4.90. The maximum Gasteiger partial charge on any atom is 0.255 e. The van der Waals surface area contributed by atoms with Gasteiger partial charge >= 0.3 is 0 Å². The highest BCUT2D eigenvalue weighted by Gasteiger charge is 2.06. The molecule has 3 aromatic carbocycles. The number of benzene rings is 3. The lowest BCUT2D eigenvalue weighted by Gasteiger charge is -2.09. The van der Waals surface area contributed by atoms with Gasteiger partial charge in [0.25, 0.3) is 5.91 Å². The molecule has 3 aromatic rings. The van der Waals surface area contributed by atoms with Gasteiger partial charge < -0.3 is 15.4 Å². The van der Waals surface area contributed by atoms with E-state index in [1.165, 1.54) is 5.56 Å². The molecule has 0 unspecified atom stereocenters. The highest BCUT2D eigenvalue weighted by atomic mass is 16.5. The minimum atomic E-state index is -0.0988. The van der Waals surface area contributed by atoms with Crippen LogP contribution in [0, 0.1) is 6.92 Å². The standard InChI is InChI=1S/C23H24N2O2/c1-17-6-10-20(11-7-17)23(26)25-21-5-3-4-19(14-21)16-24-15-18-8-12-22(27-2)13-9-18/h3-14,24H,15-16H2,1-2H3,(H,25,26). The van der Waals surface area contributed by atoms with Crippen molar-refractivity contribution < 1.29 is 9.53 Å². The largest absolute Gasteiger partial charge is 0.497 e. The molecule has 0 fully saturated rings. The van der Waals surface area contributed by atoms with E-state index in [1.807, 2.05) is 79.7 Å². The summed E-state index contributed by atoms with van der Waals surface area (Å²) in [4.78, 5) is 12.4. The number of aryl methyl sites for hydroxylation is 1. The number of hydrogen-bond donors (Lipinski definition) is 2. The van der Waals surface area contributed by atoms with E-state index in [0.29, 0.717) is 5.56 Å². The van der Waals surface area contributed by atoms with Crippen LogP contribution in [0.2, 0.25) is 0 Å². The molecule has 27 heavy (non-hydrogen) atoms. The number of carbonyl (C=O) groups is 1. The van der Waals surface area contributed by atoms with E-state index in [2.05, 4.69) is 10.6 Å². The molecule has 0 saturated heterocycles. The lowest BCUT2D eigenvalue weighted by Crippen LogP contribution is -2.14. The molecule has 0 aliphatic carbocycles. The first-order chi connectivity index (χ1) is 13.1. The van der Waals surface area contributed by atoms with E-state index in [-0.39, 0.29) is 5.91 Å². The second-order valence-corrected chi connectivity index (χ2v) is 6.47.